The number of piperidine rings is 1. The van der Waals surface area contributed by atoms with E-state index in [1.807, 2.05) is 15.9 Å². The van der Waals surface area contributed by atoms with Gasteiger partial charge in [0, 0.05) is 104 Å². The largest absolute Gasteiger partial charge is 0.487 e. The van der Waals surface area contributed by atoms with Crippen molar-refractivity contribution >= 4 is 58.3 Å². The smallest absolute Gasteiger partial charge is 0.420 e. The number of benzene rings is 2. The number of anilines is 3. The van der Waals surface area contributed by atoms with Gasteiger partial charge in [-0.3, -0.25) is 34.4 Å². The molecule has 4 N–H and O–H groups in total. The predicted molar refractivity (Wildman–Crippen MR) is 197 cm³/mol. The second-order valence-electron chi connectivity index (χ2n) is 13.2. The van der Waals surface area contributed by atoms with Crippen LogP contribution < -0.4 is 25.6 Å². The van der Waals surface area contributed by atoms with E-state index in [0.717, 1.165) is 11.3 Å². The Hall–Kier alpha value is -6.10. The predicted octanol–water partition coefficient (Wildman–Crippen LogP) is 4.19. The van der Waals surface area contributed by atoms with E-state index < -0.39 is 23.4 Å². The quantitative estimate of drug-likeness (QED) is 0.0926. The van der Waals surface area contributed by atoms with E-state index in [-0.39, 0.29) is 48.4 Å². The topological polar surface area (TPSA) is 182 Å². The fourth-order valence-corrected chi connectivity index (χ4v) is 7.01. The molecule has 4 aromatic rings. The summed E-state index contributed by atoms with van der Waals surface area (Å²) in [6.45, 7) is 2.71. The van der Waals surface area contributed by atoms with Gasteiger partial charge in [-0.05, 0) is 61.4 Å². The van der Waals surface area contributed by atoms with E-state index in [2.05, 4.69) is 35.9 Å². The molecule has 2 aromatic heterocycles. The number of alkyl halides is 3. The summed E-state index contributed by atoms with van der Waals surface area (Å²) in [7, 11) is 0. The van der Waals surface area contributed by atoms with Crippen molar-refractivity contribution in [3.63, 3.8) is 0 Å². The van der Waals surface area contributed by atoms with Crippen LogP contribution in [0.1, 0.15) is 52.0 Å². The molecule has 2 fully saturated rings. The average Bonchev–Trinajstić information content (AvgIpc) is 3.82. The SMILES string of the molecule is O=C1CCC(N2Cc3c(NCCCC(=O)N4CCN(c5ncc(C(=O)Nc6ccc(OC(F)(F)Cl)cc6)cc5-c5ccn[nH]5)CC4)cccc3C2=O)C(=O)N1. The van der Waals surface area contributed by atoms with Gasteiger partial charge in [0.2, 0.25) is 17.7 Å². The Kier molecular flexibility index (Phi) is 10.6. The molecule has 0 saturated carbocycles. The number of rotatable bonds is 12. The van der Waals surface area contributed by atoms with Crippen LogP contribution in [0, 0.1) is 0 Å². The third-order valence-electron chi connectivity index (χ3n) is 9.66. The lowest BCUT2D eigenvalue weighted by Gasteiger charge is -2.36. The second kappa shape index (κ2) is 15.7. The number of hydrogen-bond acceptors (Lipinski definition) is 10. The number of aromatic nitrogens is 3. The summed E-state index contributed by atoms with van der Waals surface area (Å²) in [4.78, 5) is 73.5. The number of piperazine rings is 1. The minimum absolute atomic E-state index is 0.0173. The number of nitrogens with one attached hydrogen (secondary N) is 4. The molecule has 0 radical (unpaired) electrons. The number of fused-ring (bicyclic) bond motifs is 1. The molecule has 0 aliphatic carbocycles. The molecule has 3 aliphatic heterocycles. The number of pyridine rings is 1. The van der Waals surface area contributed by atoms with E-state index in [0.29, 0.717) is 73.9 Å². The van der Waals surface area contributed by atoms with E-state index in [9.17, 15) is 32.8 Å². The van der Waals surface area contributed by atoms with Crippen LogP contribution >= 0.6 is 11.6 Å². The minimum Gasteiger partial charge on any atom is -0.420 e. The number of carbonyl (C=O) groups excluding carboxylic acids is 5. The number of imide groups is 1. The third kappa shape index (κ3) is 8.51. The molecule has 15 nitrogen and oxygen atoms in total. The lowest BCUT2D eigenvalue weighted by Crippen LogP contribution is -2.52. The van der Waals surface area contributed by atoms with Crippen LogP contribution in [-0.2, 0) is 20.9 Å². The molecule has 2 saturated heterocycles. The fourth-order valence-electron chi connectivity index (χ4n) is 6.92. The number of carbonyl (C=O) groups is 5. The summed E-state index contributed by atoms with van der Waals surface area (Å²) in [6.07, 6.45) is 4.39. The van der Waals surface area contributed by atoms with Crippen molar-refractivity contribution in [1.82, 2.24) is 30.3 Å². The highest BCUT2D eigenvalue weighted by molar-refractivity contribution is 6.20. The monoisotopic (exact) mass is 775 g/mol. The Balaban J connectivity index is 0.915. The van der Waals surface area contributed by atoms with Crippen molar-refractivity contribution in [2.24, 2.45) is 0 Å². The molecule has 5 amide bonds. The zero-order valence-corrected chi connectivity index (χ0v) is 30.1. The van der Waals surface area contributed by atoms with Gasteiger partial charge in [-0.25, -0.2) is 4.98 Å². The van der Waals surface area contributed by atoms with E-state index in [1.165, 1.54) is 35.4 Å². The maximum Gasteiger partial charge on any atom is 0.487 e. The maximum absolute atomic E-state index is 13.2. The summed E-state index contributed by atoms with van der Waals surface area (Å²) in [5.74, 6) is -1.04. The van der Waals surface area contributed by atoms with Gasteiger partial charge >= 0.3 is 5.57 Å². The molecular weight excluding hydrogens is 740 g/mol. The molecule has 1 unspecified atom stereocenters. The number of halogens is 3. The first-order valence-corrected chi connectivity index (χ1v) is 18.0. The summed E-state index contributed by atoms with van der Waals surface area (Å²) < 4.78 is 30.2. The van der Waals surface area contributed by atoms with Crippen molar-refractivity contribution < 1.29 is 37.5 Å². The van der Waals surface area contributed by atoms with Crippen LogP contribution in [0.3, 0.4) is 0 Å². The Morgan fingerprint density at radius 2 is 1.80 bits per heavy atom. The first-order valence-electron chi connectivity index (χ1n) is 17.6. The van der Waals surface area contributed by atoms with Gasteiger partial charge in [0.05, 0.1) is 11.3 Å². The number of aromatic amines is 1. The van der Waals surface area contributed by atoms with E-state index >= 15 is 0 Å². The van der Waals surface area contributed by atoms with E-state index in [4.69, 9.17) is 11.6 Å². The van der Waals surface area contributed by atoms with Gasteiger partial charge in [0.15, 0.2) is 0 Å². The molecule has 7 rings (SSSR count). The van der Waals surface area contributed by atoms with Crippen molar-refractivity contribution in [2.75, 3.05) is 48.3 Å². The molecule has 3 aliphatic rings. The summed E-state index contributed by atoms with van der Waals surface area (Å²) in [5, 5.41) is 15.4. The van der Waals surface area contributed by atoms with Crippen LogP contribution in [0.4, 0.5) is 26.0 Å². The van der Waals surface area contributed by atoms with Crippen LogP contribution in [0.2, 0.25) is 0 Å². The van der Waals surface area contributed by atoms with Crippen molar-refractivity contribution in [1.29, 1.82) is 0 Å². The van der Waals surface area contributed by atoms with Crippen molar-refractivity contribution in [2.45, 2.75) is 43.8 Å². The molecule has 1 atom stereocenters. The minimum atomic E-state index is -3.86. The van der Waals surface area contributed by atoms with Gasteiger partial charge in [-0.1, -0.05) is 6.07 Å². The van der Waals surface area contributed by atoms with Crippen LogP contribution in [0.5, 0.6) is 5.75 Å². The number of hydrogen-bond donors (Lipinski definition) is 4. The van der Waals surface area contributed by atoms with Crippen molar-refractivity contribution in [3.8, 4) is 17.0 Å². The molecule has 2 aromatic carbocycles. The van der Waals surface area contributed by atoms with Gasteiger partial charge in [-0.2, -0.15) is 5.10 Å². The number of nitrogens with zero attached hydrogens (tertiary/aromatic N) is 5. The molecule has 286 valence electrons. The molecule has 5 heterocycles. The summed E-state index contributed by atoms with van der Waals surface area (Å²) in [6, 6.07) is 13.5. The average molecular weight is 776 g/mol. The molecule has 0 bridgehead atoms. The maximum atomic E-state index is 13.2. The highest BCUT2D eigenvalue weighted by Gasteiger charge is 2.40. The van der Waals surface area contributed by atoms with Crippen LogP contribution in [-0.4, -0.2) is 98.9 Å². The highest BCUT2D eigenvalue weighted by atomic mass is 35.5. The molecule has 0 spiro atoms. The Bertz CT molecular complexity index is 2100. The first-order chi connectivity index (χ1) is 26.4. The zero-order valence-electron chi connectivity index (χ0n) is 29.3. The zero-order chi connectivity index (χ0) is 38.7. The normalized spacial score (nSPS) is 17.2. The standard InChI is InChI=1S/C37H36ClF2N9O6/c38-37(39,40)55-24-8-6-23(7-9-24)44-34(52)22-19-26(29-12-14-43-46-29)33(42-20-22)48-17-15-47(16-18-48)32(51)5-2-13-41-28-4-1-3-25-27(28)21-49(36(25)54)30-10-11-31(50)45-35(30)53/h1,3-4,6-9,12,14,19-20,30,41H,2,5,10-11,13,15-18,21H2,(H,43,46)(H,44,52)(H,45,50,53). The Labute approximate surface area is 318 Å². The summed E-state index contributed by atoms with van der Waals surface area (Å²) in [5.41, 5.74) is 0.0987. The van der Waals surface area contributed by atoms with Gasteiger partial charge in [0.1, 0.15) is 17.6 Å². The molecular formula is C37H36ClF2N9O6. The second-order valence-corrected chi connectivity index (χ2v) is 13.7. The Morgan fingerprint density at radius 1 is 1.02 bits per heavy atom. The number of ether oxygens (including phenoxy) is 1. The highest BCUT2D eigenvalue weighted by Crippen LogP contribution is 2.33. The van der Waals surface area contributed by atoms with Crippen molar-refractivity contribution in [3.05, 3.63) is 83.7 Å². The lowest BCUT2D eigenvalue weighted by atomic mass is 10.0. The summed E-state index contributed by atoms with van der Waals surface area (Å²) >= 11 is 4.82. The van der Waals surface area contributed by atoms with E-state index in [1.54, 1.807) is 30.5 Å². The Morgan fingerprint density at radius 3 is 2.51 bits per heavy atom. The van der Waals surface area contributed by atoms with Gasteiger partial charge < -0.3 is 30.1 Å². The van der Waals surface area contributed by atoms with Gasteiger partial charge in [-0.15, -0.1) is 8.78 Å². The molecule has 55 heavy (non-hydrogen) atoms. The van der Waals surface area contributed by atoms with Gasteiger partial charge in [0.25, 0.3) is 11.8 Å². The van der Waals surface area contributed by atoms with Crippen LogP contribution in [0.15, 0.2) is 67.0 Å². The molecule has 18 heteroatoms. The first kappa shape index (κ1) is 37.2. The third-order valence-corrected chi connectivity index (χ3v) is 9.74. The number of amides is 5. The lowest BCUT2D eigenvalue weighted by molar-refractivity contribution is -0.137. The number of H-pyrrole nitrogens is 1. The fraction of sp³-hybridized carbons (Fsp3) is 0.324. The van der Waals surface area contributed by atoms with Crippen LogP contribution in [0.25, 0.3) is 11.3 Å².